The Bertz CT molecular complexity index is 697. The summed E-state index contributed by atoms with van der Waals surface area (Å²) in [6, 6.07) is 2.46. The van der Waals surface area contributed by atoms with Crippen LogP contribution in [0.25, 0.3) is 0 Å². The van der Waals surface area contributed by atoms with Gasteiger partial charge in [0.2, 0.25) is 0 Å². The zero-order valence-electron chi connectivity index (χ0n) is 11.4. The highest BCUT2D eigenvalue weighted by atomic mass is 35.7. The molecule has 1 aliphatic rings. The van der Waals surface area contributed by atoms with E-state index in [1.54, 1.807) is 0 Å². The fourth-order valence-electron chi connectivity index (χ4n) is 2.14. The Balaban J connectivity index is 2.36. The SMILES string of the molecule is CC(C)(NC(=O)c1cc(Cl)c(Cl)c(S(=O)(=O)Cl)c1)C1CC1. The molecule has 21 heavy (non-hydrogen) atoms. The van der Waals surface area contributed by atoms with Crippen LogP contribution in [0.1, 0.15) is 37.0 Å². The van der Waals surface area contributed by atoms with E-state index in [0.29, 0.717) is 5.92 Å². The van der Waals surface area contributed by atoms with Crippen molar-refractivity contribution in [2.45, 2.75) is 37.1 Å². The first-order chi connectivity index (χ1) is 9.52. The van der Waals surface area contributed by atoms with E-state index in [1.165, 1.54) is 6.07 Å². The van der Waals surface area contributed by atoms with Crippen molar-refractivity contribution in [3.63, 3.8) is 0 Å². The standard InChI is InChI=1S/C13H14Cl3NO3S/c1-13(2,8-3-4-8)17-12(18)7-5-9(14)11(15)10(6-7)21(16,19)20/h5-6,8H,3-4H2,1-2H3,(H,17,18). The van der Waals surface area contributed by atoms with E-state index in [1.807, 2.05) is 13.8 Å². The second-order valence-corrected chi connectivity index (χ2v) is 8.98. The van der Waals surface area contributed by atoms with Crippen LogP contribution >= 0.6 is 33.9 Å². The summed E-state index contributed by atoms with van der Waals surface area (Å²) in [5, 5.41) is 2.66. The molecule has 1 aromatic carbocycles. The molecule has 0 heterocycles. The van der Waals surface area contributed by atoms with Gasteiger partial charge in [0.15, 0.2) is 0 Å². The predicted molar refractivity (Wildman–Crippen MR) is 83.8 cm³/mol. The van der Waals surface area contributed by atoms with Crippen molar-refractivity contribution in [1.29, 1.82) is 0 Å². The molecule has 0 spiro atoms. The average molecular weight is 371 g/mol. The summed E-state index contributed by atoms with van der Waals surface area (Å²) < 4.78 is 22.9. The van der Waals surface area contributed by atoms with Crippen molar-refractivity contribution in [3.05, 3.63) is 27.7 Å². The van der Waals surface area contributed by atoms with Crippen LogP contribution in [0.15, 0.2) is 17.0 Å². The summed E-state index contributed by atoms with van der Waals surface area (Å²) in [5.74, 6) is 0.0208. The number of hydrogen-bond donors (Lipinski definition) is 1. The van der Waals surface area contributed by atoms with Gasteiger partial charge in [-0.3, -0.25) is 4.79 Å². The molecule has 116 valence electrons. The summed E-state index contributed by atoms with van der Waals surface area (Å²) in [6.07, 6.45) is 2.13. The third-order valence-corrected chi connectivity index (χ3v) is 5.81. The van der Waals surface area contributed by atoms with Gasteiger partial charge in [0.25, 0.3) is 15.0 Å². The molecule has 0 aromatic heterocycles. The lowest BCUT2D eigenvalue weighted by molar-refractivity contribution is 0.0903. The maximum absolute atomic E-state index is 12.3. The number of nitrogens with one attached hydrogen (secondary N) is 1. The predicted octanol–water partition coefficient (Wildman–Crippen LogP) is 3.84. The Labute approximate surface area is 138 Å². The fraction of sp³-hybridized carbons (Fsp3) is 0.462. The lowest BCUT2D eigenvalue weighted by atomic mass is 9.98. The Hall–Kier alpha value is -0.490. The summed E-state index contributed by atoms with van der Waals surface area (Å²) in [5.41, 5.74) is -0.249. The Kier molecular flexibility index (Phi) is 4.51. The van der Waals surface area contributed by atoms with Crippen molar-refractivity contribution in [1.82, 2.24) is 5.32 Å². The largest absolute Gasteiger partial charge is 0.347 e. The minimum atomic E-state index is -4.08. The summed E-state index contributed by atoms with van der Waals surface area (Å²) in [7, 11) is 1.22. The number of halogens is 3. The Morgan fingerprint density at radius 1 is 1.29 bits per heavy atom. The van der Waals surface area contributed by atoms with E-state index >= 15 is 0 Å². The van der Waals surface area contributed by atoms with Crippen LogP contribution < -0.4 is 5.32 Å². The number of carbonyl (C=O) groups excluding carboxylic acids is 1. The first-order valence-electron chi connectivity index (χ1n) is 6.28. The van der Waals surface area contributed by atoms with Crippen molar-refractivity contribution in [3.8, 4) is 0 Å². The first kappa shape index (κ1) is 16.9. The normalized spacial score (nSPS) is 15.9. The van der Waals surface area contributed by atoms with Crippen LogP contribution in [0.2, 0.25) is 10.0 Å². The molecule has 1 fully saturated rings. The van der Waals surface area contributed by atoms with Gasteiger partial charge >= 0.3 is 0 Å². The maximum atomic E-state index is 12.3. The second kappa shape index (κ2) is 5.61. The van der Waals surface area contributed by atoms with Gasteiger partial charge in [-0.25, -0.2) is 8.42 Å². The summed E-state index contributed by atoms with van der Waals surface area (Å²) in [4.78, 5) is 11.9. The topological polar surface area (TPSA) is 63.2 Å². The van der Waals surface area contributed by atoms with Crippen molar-refractivity contribution >= 4 is 48.8 Å². The third-order valence-electron chi connectivity index (χ3n) is 3.55. The zero-order chi connectivity index (χ0) is 16.0. The van der Waals surface area contributed by atoms with Gasteiger partial charge in [-0.05, 0) is 44.7 Å². The minimum Gasteiger partial charge on any atom is -0.347 e. The second-order valence-electron chi connectivity index (χ2n) is 5.66. The van der Waals surface area contributed by atoms with Gasteiger partial charge in [0, 0.05) is 21.8 Å². The van der Waals surface area contributed by atoms with Gasteiger partial charge in [-0.1, -0.05) is 23.2 Å². The highest BCUT2D eigenvalue weighted by molar-refractivity contribution is 8.13. The highest BCUT2D eigenvalue weighted by Crippen LogP contribution is 2.39. The van der Waals surface area contributed by atoms with Gasteiger partial charge < -0.3 is 5.32 Å². The van der Waals surface area contributed by atoms with Gasteiger partial charge in [0.05, 0.1) is 10.0 Å². The summed E-state index contributed by atoms with van der Waals surface area (Å²) in [6.45, 7) is 3.86. The molecule has 0 atom stereocenters. The molecule has 0 bridgehead atoms. The molecule has 2 rings (SSSR count). The molecular weight excluding hydrogens is 357 g/mol. The number of carbonyl (C=O) groups is 1. The Morgan fingerprint density at radius 2 is 1.86 bits per heavy atom. The van der Waals surface area contributed by atoms with Crippen molar-refractivity contribution in [2.75, 3.05) is 0 Å². The van der Waals surface area contributed by atoms with Crippen LogP contribution in [0.4, 0.5) is 0 Å². The molecule has 0 radical (unpaired) electrons. The number of benzene rings is 1. The van der Waals surface area contributed by atoms with E-state index < -0.39 is 15.0 Å². The fourth-order valence-corrected chi connectivity index (χ4v) is 3.91. The van der Waals surface area contributed by atoms with Gasteiger partial charge in [0.1, 0.15) is 4.90 Å². The quantitative estimate of drug-likeness (QED) is 0.819. The summed E-state index contributed by atoms with van der Waals surface area (Å²) >= 11 is 11.7. The molecule has 8 heteroatoms. The lowest BCUT2D eigenvalue weighted by Gasteiger charge is -2.26. The third kappa shape index (κ3) is 3.83. The van der Waals surface area contributed by atoms with Crippen LogP contribution in [-0.2, 0) is 9.05 Å². The molecule has 1 saturated carbocycles. The average Bonchev–Trinajstić information content (AvgIpc) is 3.14. The molecule has 0 saturated heterocycles. The van der Waals surface area contributed by atoms with E-state index in [0.717, 1.165) is 18.9 Å². The lowest BCUT2D eigenvalue weighted by Crippen LogP contribution is -2.45. The Morgan fingerprint density at radius 3 is 2.33 bits per heavy atom. The van der Waals surface area contributed by atoms with Gasteiger partial charge in [-0.15, -0.1) is 0 Å². The molecule has 4 nitrogen and oxygen atoms in total. The molecule has 1 N–H and O–H groups in total. The van der Waals surface area contributed by atoms with Crippen LogP contribution in [0.5, 0.6) is 0 Å². The van der Waals surface area contributed by atoms with Crippen molar-refractivity contribution < 1.29 is 13.2 Å². The zero-order valence-corrected chi connectivity index (χ0v) is 14.5. The number of hydrogen-bond acceptors (Lipinski definition) is 3. The number of amides is 1. The van der Waals surface area contributed by atoms with E-state index in [4.69, 9.17) is 33.9 Å². The molecule has 1 aromatic rings. The van der Waals surface area contributed by atoms with Crippen LogP contribution in [0.3, 0.4) is 0 Å². The maximum Gasteiger partial charge on any atom is 0.262 e. The smallest absolute Gasteiger partial charge is 0.262 e. The highest BCUT2D eigenvalue weighted by Gasteiger charge is 2.39. The van der Waals surface area contributed by atoms with Crippen LogP contribution in [-0.4, -0.2) is 19.9 Å². The molecule has 1 amide bonds. The van der Waals surface area contributed by atoms with E-state index in [9.17, 15) is 13.2 Å². The van der Waals surface area contributed by atoms with E-state index in [2.05, 4.69) is 5.32 Å². The monoisotopic (exact) mass is 369 g/mol. The minimum absolute atomic E-state index is 0.0345. The van der Waals surface area contributed by atoms with E-state index in [-0.39, 0.29) is 26.0 Å². The van der Waals surface area contributed by atoms with Crippen LogP contribution in [0, 0.1) is 5.92 Å². The molecule has 0 aliphatic heterocycles. The molecular formula is C13H14Cl3NO3S. The molecule has 0 unspecified atom stereocenters. The number of rotatable bonds is 4. The van der Waals surface area contributed by atoms with Crippen molar-refractivity contribution in [2.24, 2.45) is 5.92 Å². The van der Waals surface area contributed by atoms with Gasteiger partial charge in [-0.2, -0.15) is 0 Å². The first-order valence-corrected chi connectivity index (χ1v) is 9.35. The molecule has 1 aliphatic carbocycles.